The summed E-state index contributed by atoms with van der Waals surface area (Å²) in [7, 11) is -4.54. The van der Waals surface area contributed by atoms with Crippen LogP contribution in [0.4, 0.5) is 5.69 Å². The molecule has 0 aliphatic carbocycles. The Kier molecular flexibility index (Phi) is 2.58. The van der Waals surface area contributed by atoms with Crippen LogP contribution < -0.4 is 10.2 Å². The van der Waals surface area contributed by atoms with E-state index in [1.807, 2.05) is 0 Å². The van der Waals surface area contributed by atoms with E-state index in [2.05, 4.69) is 0 Å². The fourth-order valence-corrected chi connectivity index (χ4v) is 1.41. The summed E-state index contributed by atoms with van der Waals surface area (Å²) >= 11 is 0. The monoisotopic (exact) mass is 205 g/mol. The van der Waals surface area contributed by atoms with Gasteiger partial charge in [0.1, 0.15) is 0 Å². The van der Waals surface area contributed by atoms with Gasteiger partial charge in [0, 0.05) is 0 Å². The van der Waals surface area contributed by atoms with Gasteiger partial charge in [-0.05, 0) is 0 Å². The van der Waals surface area contributed by atoms with Gasteiger partial charge >= 0.3 is 72.9 Å². The zero-order valence-electron chi connectivity index (χ0n) is 6.41. The van der Waals surface area contributed by atoms with Gasteiger partial charge in [-0.25, -0.2) is 0 Å². The molecule has 0 heterocycles. The zero-order chi connectivity index (χ0) is 10.1. The van der Waals surface area contributed by atoms with E-state index in [1.165, 1.54) is 0 Å². The second-order valence-corrected chi connectivity index (χ2v) is 4.22. The number of nitrogens with zero attached hydrogens (tertiary/aromatic N) is 1. The molecule has 0 saturated heterocycles. The molecule has 0 atom stereocenters. The average Bonchev–Trinajstić information content (AvgIpc) is 2.03. The molecule has 0 aromatic heterocycles. The second kappa shape index (κ2) is 3.35. The molecule has 0 aliphatic rings. The van der Waals surface area contributed by atoms with Crippen molar-refractivity contribution in [1.29, 1.82) is 0 Å². The van der Waals surface area contributed by atoms with Crippen LogP contribution in [0.2, 0.25) is 0 Å². The number of hydrogen-bond donors (Lipinski definition) is 3. The van der Waals surface area contributed by atoms with E-state index >= 15 is 0 Å². The molecule has 0 radical (unpaired) electrons. The summed E-state index contributed by atoms with van der Waals surface area (Å²) in [6.45, 7) is 0. The first-order chi connectivity index (χ1) is 5.91. The molecule has 1 aromatic carbocycles. The van der Waals surface area contributed by atoms with E-state index in [1.54, 1.807) is 0 Å². The molecular weight excluding hydrogens is 197 g/mol. The first kappa shape index (κ1) is 10.0. The summed E-state index contributed by atoms with van der Waals surface area (Å²) < 4.78 is 0. The van der Waals surface area contributed by atoms with Crippen molar-refractivity contribution in [3.8, 4) is 0 Å². The van der Waals surface area contributed by atoms with Crippen molar-refractivity contribution in [2.24, 2.45) is 0 Å². The van der Waals surface area contributed by atoms with Crippen molar-refractivity contribution >= 4 is 18.9 Å². The Morgan fingerprint density at radius 1 is 1.23 bits per heavy atom. The van der Waals surface area contributed by atoms with Crippen LogP contribution in [-0.2, 0) is 0 Å². The van der Waals surface area contributed by atoms with Crippen molar-refractivity contribution in [2.75, 3.05) is 0 Å². The van der Waals surface area contributed by atoms with E-state index in [-0.39, 0.29) is 15.9 Å². The molecule has 0 amide bonds. The molecule has 72 valence electrons. The SMILES string of the molecule is O=[N+](O)c1ccc([PH]([O-])(O)O)cc1. The molecule has 0 spiro atoms. The molecule has 0 bridgehead atoms. The molecule has 0 saturated carbocycles. The van der Waals surface area contributed by atoms with Gasteiger partial charge in [-0.3, -0.25) is 0 Å². The topological polar surface area (TPSA) is 104 Å². The minimum atomic E-state index is -4.54. The Labute approximate surface area is 73.8 Å². The van der Waals surface area contributed by atoms with Crippen LogP contribution in [0.25, 0.3) is 0 Å². The quantitative estimate of drug-likeness (QED) is 0.422. The average molecular weight is 205 g/mol. The molecule has 3 N–H and O–H groups in total. The molecule has 1 aromatic rings. The van der Waals surface area contributed by atoms with Gasteiger partial charge in [0.15, 0.2) is 0 Å². The van der Waals surface area contributed by atoms with Gasteiger partial charge < -0.3 is 0 Å². The molecule has 0 unspecified atom stereocenters. The van der Waals surface area contributed by atoms with Crippen molar-refractivity contribution in [3.63, 3.8) is 0 Å². The normalized spacial score (nSPS) is 12.5. The predicted octanol–water partition coefficient (Wildman–Crippen LogP) is -1.05. The minimum absolute atomic E-state index is 0.0815. The van der Waals surface area contributed by atoms with E-state index < -0.39 is 7.94 Å². The van der Waals surface area contributed by atoms with Crippen LogP contribution in [0.15, 0.2) is 24.3 Å². The van der Waals surface area contributed by atoms with E-state index in [0.29, 0.717) is 0 Å². The van der Waals surface area contributed by atoms with Crippen LogP contribution in [0.3, 0.4) is 0 Å². The van der Waals surface area contributed by atoms with Gasteiger partial charge in [-0.15, -0.1) is 0 Å². The fourth-order valence-electron chi connectivity index (χ4n) is 0.806. The molecule has 0 fully saturated rings. The first-order valence-corrected chi connectivity index (χ1v) is 5.13. The fraction of sp³-hybridized carbons (Fsp3) is 0. The van der Waals surface area contributed by atoms with Crippen molar-refractivity contribution < 1.29 is 24.8 Å². The Bertz CT molecular complexity index is 317. The molecule has 1 rings (SSSR count). The van der Waals surface area contributed by atoms with Crippen molar-refractivity contribution in [3.05, 3.63) is 29.2 Å². The molecule has 13 heavy (non-hydrogen) atoms. The van der Waals surface area contributed by atoms with Crippen LogP contribution in [0, 0.1) is 4.91 Å². The Hall–Kier alpha value is -1.07. The third-order valence-electron chi connectivity index (χ3n) is 1.46. The van der Waals surface area contributed by atoms with Crippen molar-refractivity contribution in [2.45, 2.75) is 0 Å². The number of benzene rings is 1. The van der Waals surface area contributed by atoms with Crippen LogP contribution >= 0.6 is 7.94 Å². The van der Waals surface area contributed by atoms with Gasteiger partial charge in [0.05, 0.1) is 0 Å². The third kappa shape index (κ3) is 2.43. The van der Waals surface area contributed by atoms with Gasteiger partial charge in [-0.2, -0.15) is 0 Å². The number of hydrogen-bond acceptors (Lipinski definition) is 4. The maximum atomic E-state index is 10.7. The molecule has 6 nitrogen and oxygen atoms in total. The summed E-state index contributed by atoms with van der Waals surface area (Å²) in [5, 5.41) is 8.23. The Balaban J connectivity index is 3.01. The van der Waals surface area contributed by atoms with Crippen LogP contribution in [0.1, 0.15) is 0 Å². The van der Waals surface area contributed by atoms with Gasteiger partial charge in [0.2, 0.25) is 0 Å². The molecule has 7 heteroatoms. The maximum absolute atomic E-state index is 10.7. The van der Waals surface area contributed by atoms with Gasteiger partial charge in [0.25, 0.3) is 0 Å². The summed E-state index contributed by atoms with van der Waals surface area (Å²) in [5.74, 6) is 0. The summed E-state index contributed by atoms with van der Waals surface area (Å²) in [5.41, 5.74) is -0.0815. The summed E-state index contributed by atoms with van der Waals surface area (Å²) in [4.78, 5) is 38.0. The standard InChI is InChI=1S/C6H8NO5P/c8-7(9)5-1-3-6(4-2-5)13(10,11)12/h1-4,10-11,13H,(H,8,9). The van der Waals surface area contributed by atoms with Gasteiger partial charge in [-0.1, -0.05) is 0 Å². The van der Waals surface area contributed by atoms with Crippen LogP contribution in [-0.4, -0.2) is 19.9 Å². The van der Waals surface area contributed by atoms with Crippen LogP contribution in [0.5, 0.6) is 0 Å². The number of rotatable bonds is 2. The van der Waals surface area contributed by atoms with E-state index in [0.717, 1.165) is 24.3 Å². The zero-order valence-corrected chi connectivity index (χ0v) is 7.41. The molecule has 0 aliphatic heterocycles. The first-order valence-electron chi connectivity index (χ1n) is 3.33. The Morgan fingerprint density at radius 2 is 1.69 bits per heavy atom. The third-order valence-corrected chi connectivity index (χ3v) is 2.55. The predicted molar refractivity (Wildman–Crippen MR) is 43.9 cm³/mol. The second-order valence-electron chi connectivity index (χ2n) is 2.43. The molecular formula is C6H8NO5P. The van der Waals surface area contributed by atoms with Crippen molar-refractivity contribution in [1.82, 2.24) is 0 Å². The summed E-state index contributed by atoms with van der Waals surface area (Å²) in [6.07, 6.45) is 0. The Morgan fingerprint density at radius 3 is 2.00 bits per heavy atom. The van der Waals surface area contributed by atoms with E-state index in [9.17, 15) is 9.80 Å². The van der Waals surface area contributed by atoms with E-state index in [4.69, 9.17) is 15.0 Å². The summed E-state index contributed by atoms with van der Waals surface area (Å²) in [6, 6.07) is 4.42.